The molecule has 0 saturated carbocycles. The molecule has 62 valence electrons. The number of rotatable bonds is 4. The van der Waals surface area contributed by atoms with Crippen molar-refractivity contribution in [2.45, 2.75) is 18.3 Å². The SMILES string of the molecule is NC[C@@H](O)[C@H](O)[C@H](O)CO. The van der Waals surface area contributed by atoms with Crippen LogP contribution in [0.15, 0.2) is 0 Å². The van der Waals surface area contributed by atoms with Gasteiger partial charge in [-0.15, -0.1) is 0 Å². The minimum absolute atomic E-state index is 0.141. The molecular weight excluding hydrogens is 138 g/mol. The summed E-state index contributed by atoms with van der Waals surface area (Å²) in [4.78, 5) is 0. The predicted octanol–water partition coefficient (Wildman–Crippen LogP) is -2.98. The molecule has 0 rings (SSSR count). The van der Waals surface area contributed by atoms with Crippen LogP contribution in [0.2, 0.25) is 0 Å². The second kappa shape index (κ2) is 4.59. The lowest BCUT2D eigenvalue weighted by molar-refractivity contribution is -0.0727. The maximum absolute atomic E-state index is 8.85. The van der Waals surface area contributed by atoms with Crippen LogP contribution < -0.4 is 5.73 Å². The van der Waals surface area contributed by atoms with E-state index < -0.39 is 24.9 Å². The Hall–Kier alpha value is -0.200. The van der Waals surface area contributed by atoms with Gasteiger partial charge in [0.1, 0.15) is 12.2 Å². The van der Waals surface area contributed by atoms with Crippen LogP contribution in [0.1, 0.15) is 0 Å². The molecule has 0 spiro atoms. The van der Waals surface area contributed by atoms with Crippen molar-refractivity contribution in [2.24, 2.45) is 5.73 Å². The highest BCUT2D eigenvalue weighted by Crippen LogP contribution is 1.97. The summed E-state index contributed by atoms with van der Waals surface area (Å²) < 4.78 is 0. The van der Waals surface area contributed by atoms with E-state index in [0.717, 1.165) is 0 Å². The highest BCUT2D eigenvalue weighted by atomic mass is 16.4. The van der Waals surface area contributed by atoms with Gasteiger partial charge in [0.2, 0.25) is 0 Å². The normalized spacial score (nSPS) is 20.1. The maximum atomic E-state index is 8.85. The lowest BCUT2D eigenvalue weighted by Gasteiger charge is -2.19. The number of nitrogens with two attached hydrogens (primary N) is 1. The van der Waals surface area contributed by atoms with Gasteiger partial charge < -0.3 is 26.2 Å². The van der Waals surface area contributed by atoms with Gasteiger partial charge >= 0.3 is 0 Å². The maximum Gasteiger partial charge on any atom is 0.109 e. The molecule has 0 bridgehead atoms. The summed E-state index contributed by atoms with van der Waals surface area (Å²) in [5.74, 6) is 0. The topological polar surface area (TPSA) is 107 Å². The van der Waals surface area contributed by atoms with Crippen molar-refractivity contribution in [2.75, 3.05) is 13.2 Å². The van der Waals surface area contributed by atoms with E-state index in [1.54, 1.807) is 0 Å². The Kier molecular flexibility index (Phi) is 4.50. The molecule has 0 aliphatic carbocycles. The molecule has 5 heteroatoms. The highest BCUT2D eigenvalue weighted by molar-refractivity contribution is 4.74. The van der Waals surface area contributed by atoms with E-state index in [1.165, 1.54) is 0 Å². The molecule has 5 nitrogen and oxygen atoms in total. The van der Waals surface area contributed by atoms with Crippen LogP contribution >= 0.6 is 0 Å². The molecule has 0 unspecified atom stereocenters. The zero-order chi connectivity index (χ0) is 8.15. The summed E-state index contributed by atoms with van der Waals surface area (Å²) in [6, 6.07) is 0. The Morgan fingerprint density at radius 1 is 1.10 bits per heavy atom. The van der Waals surface area contributed by atoms with Gasteiger partial charge in [0, 0.05) is 6.54 Å². The average molecular weight is 151 g/mol. The Morgan fingerprint density at radius 2 is 1.60 bits per heavy atom. The molecule has 6 N–H and O–H groups in total. The lowest BCUT2D eigenvalue weighted by Crippen LogP contribution is -2.43. The fraction of sp³-hybridized carbons (Fsp3) is 1.00. The van der Waals surface area contributed by atoms with Crippen molar-refractivity contribution in [1.29, 1.82) is 0 Å². The van der Waals surface area contributed by atoms with E-state index in [2.05, 4.69) is 0 Å². The second-order valence-electron chi connectivity index (χ2n) is 2.04. The summed E-state index contributed by atoms with van der Waals surface area (Å²) in [7, 11) is 0. The molecule has 0 aromatic carbocycles. The average Bonchev–Trinajstić information content (AvgIpc) is 2.00. The van der Waals surface area contributed by atoms with Crippen LogP contribution in [0.25, 0.3) is 0 Å². The van der Waals surface area contributed by atoms with Gasteiger partial charge in [0.15, 0.2) is 0 Å². The highest BCUT2D eigenvalue weighted by Gasteiger charge is 2.22. The second-order valence-corrected chi connectivity index (χ2v) is 2.04. The third kappa shape index (κ3) is 2.59. The van der Waals surface area contributed by atoms with Crippen molar-refractivity contribution in [1.82, 2.24) is 0 Å². The van der Waals surface area contributed by atoms with E-state index in [-0.39, 0.29) is 6.54 Å². The van der Waals surface area contributed by atoms with Gasteiger partial charge in [-0.2, -0.15) is 0 Å². The largest absolute Gasteiger partial charge is 0.394 e. The van der Waals surface area contributed by atoms with E-state index in [0.29, 0.717) is 0 Å². The van der Waals surface area contributed by atoms with Crippen molar-refractivity contribution in [3.63, 3.8) is 0 Å². The summed E-state index contributed by atoms with van der Waals surface area (Å²) >= 11 is 0. The van der Waals surface area contributed by atoms with Gasteiger partial charge in [-0.3, -0.25) is 0 Å². The number of aliphatic hydroxyl groups is 4. The lowest BCUT2D eigenvalue weighted by atomic mass is 10.1. The smallest absolute Gasteiger partial charge is 0.109 e. The van der Waals surface area contributed by atoms with E-state index in [4.69, 9.17) is 26.2 Å². The third-order valence-corrected chi connectivity index (χ3v) is 1.22. The van der Waals surface area contributed by atoms with Crippen LogP contribution in [-0.2, 0) is 0 Å². The van der Waals surface area contributed by atoms with Crippen molar-refractivity contribution >= 4 is 0 Å². The van der Waals surface area contributed by atoms with Crippen LogP contribution in [0, 0.1) is 0 Å². The fourth-order valence-corrected chi connectivity index (χ4v) is 0.504. The monoisotopic (exact) mass is 151 g/mol. The van der Waals surface area contributed by atoms with Crippen LogP contribution in [0.3, 0.4) is 0 Å². The Bertz CT molecular complexity index is 79.7. The molecular formula is C5H13NO4. The molecule has 0 radical (unpaired) electrons. The standard InChI is InChI=1S/C5H13NO4/c6-1-3(8)5(10)4(9)2-7/h3-5,7-10H,1-2,6H2/t3-,4-,5+/m1/s1. The van der Waals surface area contributed by atoms with Crippen LogP contribution in [0.5, 0.6) is 0 Å². The molecule has 0 aromatic rings. The van der Waals surface area contributed by atoms with Gasteiger partial charge in [0.05, 0.1) is 12.7 Å². The number of hydrogen-bond acceptors (Lipinski definition) is 5. The Labute approximate surface area is 58.7 Å². The van der Waals surface area contributed by atoms with E-state index in [9.17, 15) is 0 Å². The van der Waals surface area contributed by atoms with E-state index in [1.807, 2.05) is 0 Å². The van der Waals surface area contributed by atoms with Crippen molar-refractivity contribution in [3.8, 4) is 0 Å². The molecule has 0 fully saturated rings. The number of aliphatic hydroxyl groups excluding tert-OH is 4. The minimum Gasteiger partial charge on any atom is -0.394 e. The van der Waals surface area contributed by atoms with Gasteiger partial charge in [-0.05, 0) is 0 Å². The summed E-state index contributed by atoms with van der Waals surface area (Å²) in [5.41, 5.74) is 4.96. The first kappa shape index (κ1) is 9.80. The molecule has 3 atom stereocenters. The minimum atomic E-state index is -1.37. The quantitative estimate of drug-likeness (QED) is 0.295. The summed E-state index contributed by atoms with van der Waals surface area (Å²) in [6.07, 6.45) is -3.87. The molecule has 0 aliphatic heterocycles. The fourth-order valence-electron chi connectivity index (χ4n) is 0.504. The van der Waals surface area contributed by atoms with Gasteiger partial charge in [-0.1, -0.05) is 0 Å². The molecule has 10 heavy (non-hydrogen) atoms. The zero-order valence-electron chi connectivity index (χ0n) is 5.51. The van der Waals surface area contributed by atoms with E-state index >= 15 is 0 Å². The Morgan fingerprint density at radius 3 is 1.90 bits per heavy atom. The molecule has 0 saturated heterocycles. The first-order valence-corrected chi connectivity index (χ1v) is 2.98. The first-order valence-electron chi connectivity index (χ1n) is 2.98. The Balaban J connectivity index is 3.69. The molecule has 0 aromatic heterocycles. The van der Waals surface area contributed by atoms with Crippen LogP contribution in [0.4, 0.5) is 0 Å². The third-order valence-electron chi connectivity index (χ3n) is 1.22. The zero-order valence-corrected chi connectivity index (χ0v) is 5.51. The number of hydrogen-bond donors (Lipinski definition) is 5. The van der Waals surface area contributed by atoms with Gasteiger partial charge in [0.25, 0.3) is 0 Å². The molecule has 0 amide bonds. The summed E-state index contributed by atoms with van der Waals surface area (Å²) in [6.45, 7) is -0.726. The van der Waals surface area contributed by atoms with Crippen molar-refractivity contribution < 1.29 is 20.4 Å². The molecule has 0 heterocycles. The molecule has 0 aliphatic rings. The summed E-state index contributed by atoms with van der Waals surface area (Å²) in [5, 5.41) is 34.6. The predicted molar refractivity (Wildman–Crippen MR) is 34.2 cm³/mol. The van der Waals surface area contributed by atoms with Gasteiger partial charge in [-0.25, -0.2) is 0 Å². The van der Waals surface area contributed by atoms with Crippen molar-refractivity contribution in [3.05, 3.63) is 0 Å². The first-order chi connectivity index (χ1) is 4.63. The van der Waals surface area contributed by atoms with Crippen LogP contribution in [-0.4, -0.2) is 51.9 Å².